The molecule has 0 spiro atoms. The van der Waals surface area contributed by atoms with Crippen LogP contribution in [0.25, 0.3) is 6.08 Å². The molecule has 162 valence electrons. The molecule has 1 amide bonds. The van der Waals surface area contributed by atoms with Crippen molar-refractivity contribution in [2.24, 2.45) is 0 Å². The number of rotatable bonds is 11. The highest BCUT2D eigenvalue weighted by atomic mass is 16.5. The van der Waals surface area contributed by atoms with Crippen LogP contribution in [0.15, 0.2) is 23.8 Å². The zero-order chi connectivity index (χ0) is 22.7. The Morgan fingerprint density at radius 3 is 2.81 bits per heavy atom. The van der Waals surface area contributed by atoms with Crippen molar-refractivity contribution < 1.29 is 14.3 Å². The van der Waals surface area contributed by atoms with Gasteiger partial charge < -0.3 is 25.4 Å². The fourth-order valence-corrected chi connectivity index (χ4v) is 3.16. The minimum absolute atomic E-state index is 0.157. The van der Waals surface area contributed by atoms with Gasteiger partial charge in [0.2, 0.25) is 0 Å². The topological polar surface area (TPSA) is 71.6 Å². The molecular formula is C25H29N3O3. The number of hydrogen-bond donors (Lipinski definition) is 3. The normalized spacial score (nSPS) is 14.9. The molecule has 3 N–H and O–H groups in total. The van der Waals surface area contributed by atoms with E-state index in [4.69, 9.17) is 28.7 Å². The Hall–Kier alpha value is -3.37. The van der Waals surface area contributed by atoms with E-state index in [-0.39, 0.29) is 19.1 Å². The standard InChI is InChI=1S/C25H29N3O3/c1-6-12-26-17-25(5,18-30-13-7-2)28-24(29)23(9-4)31-21-10-11-22-20(15-21)14-19(8-3)16-27-22/h1-3,10-11,14-15,23,26-27H,9,12-13,16-18H2,4-5H3,(H,28,29). The molecule has 0 saturated carbocycles. The minimum Gasteiger partial charge on any atom is -0.481 e. The molecule has 6 nitrogen and oxygen atoms in total. The number of amides is 1. The number of anilines is 1. The summed E-state index contributed by atoms with van der Waals surface area (Å²) in [5.41, 5.74) is 2.06. The molecule has 6 heteroatoms. The van der Waals surface area contributed by atoms with Gasteiger partial charge in [0.25, 0.3) is 5.91 Å². The Morgan fingerprint density at radius 1 is 1.32 bits per heavy atom. The van der Waals surface area contributed by atoms with E-state index < -0.39 is 11.6 Å². The van der Waals surface area contributed by atoms with Gasteiger partial charge in [0.1, 0.15) is 12.4 Å². The SMILES string of the molecule is C#CCNCC(C)(COCC#C)NC(=O)C(CC)Oc1ccc2c(c1)C=C(C#C)CN2. The molecular weight excluding hydrogens is 390 g/mol. The first kappa shape index (κ1) is 23.9. The summed E-state index contributed by atoms with van der Waals surface area (Å²) in [4.78, 5) is 13.0. The predicted octanol–water partition coefficient (Wildman–Crippen LogP) is 2.03. The van der Waals surface area contributed by atoms with Crippen LogP contribution in [-0.4, -0.2) is 50.4 Å². The number of carbonyl (C=O) groups is 1. The molecule has 1 aromatic rings. The molecule has 2 rings (SSSR count). The van der Waals surface area contributed by atoms with Crippen LogP contribution in [0.4, 0.5) is 5.69 Å². The van der Waals surface area contributed by atoms with Crippen LogP contribution in [0.5, 0.6) is 5.75 Å². The number of hydrogen-bond acceptors (Lipinski definition) is 5. The van der Waals surface area contributed by atoms with Gasteiger partial charge in [-0.3, -0.25) is 4.79 Å². The van der Waals surface area contributed by atoms with Crippen molar-refractivity contribution in [2.75, 3.05) is 38.2 Å². The number of carbonyl (C=O) groups excluding carboxylic acids is 1. The number of terminal acetylenes is 3. The molecule has 1 heterocycles. The first-order valence-electron chi connectivity index (χ1n) is 10.1. The number of fused-ring (bicyclic) bond motifs is 1. The van der Waals surface area contributed by atoms with Gasteiger partial charge in [-0.15, -0.1) is 19.3 Å². The second-order valence-electron chi connectivity index (χ2n) is 7.49. The monoisotopic (exact) mass is 419 g/mol. The molecule has 0 saturated heterocycles. The number of ether oxygens (including phenoxy) is 2. The van der Waals surface area contributed by atoms with Crippen molar-refractivity contribution >= 4 is 17.7 Å². The highest BCUT2D eigenvalue weighted by molar-refractivity contribution is 5.82. The molecule has 0 radical (unpaired) electrons. The van der Waals surface area contributed by atoms with Crippen LogP contribution in [0.1, 0.15) is 25.8 Å². The summed E-state index contributed by atoms with van der Waals surface area (Å²) >= 11 is 0. The third-order valence-electron chi connectivity index (χ3n) is 4.72. The fourth-order valence-electron chi connectivity index (χ4n) is 3.16. The van der Waals surface area contributed by atoms with Gasteiger partial charge in [0.15, 0.2) is 6.10 Å². The molecule has 0 fully saturated rings. The lowest BCUT2D eigenvalue weighted by atomic mass is 10.0. The van der Waals surface area contributed by atoms with Gasteiger partial charge >= 0.3 is 0 Å². The van der Waals surface area contributed by atoms with E-state index in [9.17, 15) is 4.79 Å². The molecule has 0 bridgehead atoms. The predicted molar refractivity (Wildman–Crippen MR) is 124 cm³/mol. The van der Waals surface area contributed by atoms with Crippen molar-refractivity contribution in [2.45, 2.75) is 31.9 Å². The summed E-state index contributed by atoms with van der Waals surface area (Å²) in [5, 5.41) is 9.39. The second kappa shape index (κ2) is 11.7. The summed E-state index contributed by atoms with van der Waals surface area (Å²) in [6.45, 7) is 5.58. The summed E-state index contributed by atoms with van der Waals surface area (Å²) in [6, 6.07) is 5.62. The Bertz CT molecular complexity index is 911. The van der Waals surface area contributed by atoms with Crippen molar-refractivity contribution in [3.05, 3.63) is 29.3 Å². The third kappa shape index (κ3) is 7.12. The fraction of sp³-hybridized carbons (Fsp3) is 0.400. The first-order chi connectivity index (χ1) is 14.9. The van der Waals surface area contributed by atoms with Crippen molar-refractivity contribution in [3.8, 4) is 42.8 Å². The van der Waals surface area contributed by atoms with Crippen molar-refractivity contribution in [1.29, 1.82) is 0 Å². The molecule has 31 heavy (non-hydrogen) atoms. The van der Waals surface area contributed by atoms with Gasteiger partial charge in [0, 0.05) is 29.9 Å². The minimum atomic E-state index is -0.703. The van der Waals surface area contributed by atoms with Gasteiger partial charge in [-0.1, -0.05) is 24.7 Å². The van der Waals surface area contributed by atoms with E-state index in [1.165, 1.54) is 0 Å². The summed E-state index contributed by atoms with van der Waals surface area (Å²) in [6.07, 6.45) is 17.8. The summed E-state index contributed by atoms with van der Waals surface area (Å²) in [5.74, 6) is 7.94. The van der Waals surface area contributed by atoms with E-state index in [0.29, 0.717) is 31.8 Å². The average Bonchev–Trinajstić information content (AvgIpc) is 2.77. The lowest BCUT2D eigenvalue weighted by Crippen LogP contribution is -2.58. The van der Waals surface area contributed by atoms with Crippen LogP contribution in [0, 0.1) is 37.0 Å². The third-order valence-corrected chi connectivity index (χ3v) is 4.72. The maximum absolute atomic E-state index is 13.0. The molecule has 0 aromatic heterocycles. The number of nitrogens with one attached hydrogen (secondary N) is 3. The van der Waals surface area contributed by atoms with Crippen molar-refractivity contribution in [3.63, 3.8) is 0 Å². The zero-order valence-electron chi connectivity index (χ0n) is 18.1. The summed E-state index contributed by atoms with van der Waals surface area (Å²) in [7, 11) is 0. The highest BCUT2D eigenvalue weighted by Gasteiger charge is 2.30. The van der Waals surface area contributed by atoms with Crippen LogP contribution in [-0.2, 0) is 9.53 Å². The molecule has 2 atom stereocenters. The smallest absolute Gasteiger partial charge is 0.261 e. The largest absolute Gasteiger partial charge is 0.481 e. The molecule has 1 aliphatic heterocycles. The van der Waals surface area contributed by atoms with Gasteiger partial charge in [0.05, 0.1) is 18.7 Å². The maximum Gasteiger partial charge on any atom is 0.261 e. The molecule has 1 aliphatic rings. The van der Waals surface area contributed by atoms with E-state index >= 15 is 0 Å². The van der Waals surface area contributed by atoms with Gasteiger partial charge in [-0.25, -0.2) is 0 Å². The summed E-state index contributed by atoms with van der Waals surface area (Å²) < 4.78 is 11.5. The average molecular weight is 420 g/mol. The quantitative estimate of drug-likeness (QED) is 0.378. The van der Waals surface area contributed by atoms with Crippen LogP contribution < -0.4 is 20.7 Å². The maximum atomic E-state index is 13.0. The van der Waals surface area contributed by atoms with Crippen molar-refractivity contribution in [1.82, 2.24) is 10.6 Å². The van der Waals surface area contributed by atoms with E-state index in [1.54, 1.807) is 0 Å². The lowest BCUT2D eigenvalue weighted by Gasteiger charge is -2.32. The Kier molecular flexibility index (Phi) is 9.04. The van der Waals surface area contributed by atoms with Gasteiger partial charge in [-0.05, 0) is 37.6 Å². The van der Waals surface area contributed by atoms with E-state index in [0.717, 1.165) is 16.8 Å². The van der Waals surface area contributed by atoms with E-state index in [2.05, 4.69) is 33.7 Å². The lowest BCUT2D eigenvalue weighted by molar-refractivity contribution is -0.130. The van der Waals surface area contributed by atoms with E-state index in [1.807, 2.05) is 38.1 Å². The molecule has 1 aromatic carbocycles. The second-order valence-corrected chi connectivity index (χ2v) is 7.49. The highest BCUT2D eigenvalue weighted by Crippen LogP contribution is 2.28. The van der Waals surface area contributed by atoms with Crippen LogP contribution >= 0.6 is 0 Å². The van der Waals surface area contributed by atoms with Crippen LogP contribution in [0.2, 0.25) is 0 Å². The first-order valence-corrected chi connectivity index (χ1v) is 10.1. The Labute approximate surface area is 185 Å². The Balaban J connectivity index is 2.09. The molecule has 0 aliphatic carbocycles. The number of benzene rings is 1. The van der Waals surface area contributed by atoms with Crippen LogP contribution in [0.3, 0.4) is 0 Å². The van der Waals surface area contributed by atoms with Gasteiger partial charge in [-0.2, -0.15) is 0 Å². The zero-order valence-corrected chi connectivity index (χ0v) is 18.1. The molecule has 2 unspecified atom stereocenters. The Morgan fingerprint density at radius 2 is 2.13 bits per heavy atom.